The Labute approximate surface area is 317 Å². The Morgan fingerprint density at radius 1 is 0.418 bits per heavy atom. The average molecular weight is 718 g/mol. The normalized spacial score (nSPS) is 12.4. The SMILES string of the molecule is c1ccc2cc3c(cc2c1)c1c2c4ccccc4c4ccccc4c2ccc1n3-c1nc(-c2ccc3oc4ccccc4c3c2)c2c(n1)sc1ccccc12. The Bertz CT molecular complexity index is 3760. The van der Waals surface area contributed by atoms with Crippen molar-refractivity contribution in [3.05, 3.63) is 164 Å². The van der Waals surface area contributed by atoms with Crippen LogP contribution in [0.3, 0.4) is 0 Å². The van der Waals surface area contributed by atoms with Crippen molar-refractivity contribution in [2.75, 3.05) is 0 Å². The number of para-hydroxylation sites is 1. The van der Waals surface area contributed by atoms with Crippen LogP contribution in [0.4, 0.5) is 0 Å². The maximum atomic E-state index is 6.26. The standard InChI is InChI=1S/C50H27N3OS/c1-2-12-29-27-41-39(25-28(29)11-1)46-40(23-22-36-33-15-4-3-13-31(33)32-14-5-6-17-35(32)45(36)46)53(41)50-51-48(47-37-18-8-10-20-44(37)55-49(47)52-50)30-21-24-43-38(26-30)34-16-7-9-19-42(34)54-43/h1-27H. The van der Waals surface area contributed by atoms with Gasteiger partial charge in [0, 0.05) is 48.0 Å². The molecule has 0 aliphatic rings. The molecule has 0 saturated heterocycles. The fourth-order valence-electron chi connectivity index (χ4n) is 9.20. The molecule has 0 bridgehead atoms. The molecule has 55 heavy (non-hydrogen) atoms. The van der Waals surface area contributed by atoms with Gasteiger partial charge in [0.1, 0.15) is 16.0 Å². The lowest BCUT2D eigenvalue weighted by Crippen LogP contribution is -2.02. The summed E-state index contributed by atoms with van der Waals surface area (Å²) in [5, 5.41) is 16.7. The number of benzene rings is 9. The third-order valence-electron chi connectivity index (χ3n) is 11.6. The van der Waals surface area contributed by atoms with Gasteiger partial charge in [-0.25, -0.2) is 9.97 Å². The molecule has 0 atom stereocenters. The molecule has 254 valence electrons. The second kappa shape index (κ2) is 10.8. The quantitative estimate of drug-likeness (QED) is 0.167. The van der Waals surface area contributed by atoms with Gasteiger partial charge in [0.15, 0.2) is 0 Å². The lowest BCUT2D eigenvalue weighted by Gasteiger charge is -2.13. The zero-order valence-corrected chi connectivity index (χ0v) is 30.1. The van der Waals surface area contributed by atoms with Gasteiger partial charge >= 0.3 is 0 Å². The van der Waals surface area contributed by atoms with E-state index in [1.54, 1.807) is 11.3 Å². The number of thiophene rings is 1. The summed E-state index contributed by atoms with van der Waals surface area (Å²) in [7, 11) is 0. The minimum atomic E-state index is 0.658. The minimum absolute atomic E-state index is 0.658. The molecule has 0 unspecified atom stereocenters. The summed E-state index contributed by atoms with van der Waals surface area (Å²) in [4.78, 5) is 12.0. The fourth-order valence-corrected chi connectivity index (χ4v) is 10.3. The Balaban J connectivity index is 1.21. The van der Waals surface area contributed by atoms with Crippen molar-refractivity contribution in [1.29, 1.82) is 0 Å². The van der Waals surface area contributed by atoms with Crippen LogP contribution in [0.2, 0.25) is 0 Å². The second-order valence-corrected chi connectivity index (χ2v) is 15.5. The van der Waals surface area contributed by atoms with Gasteiger partial charge < -0.3 is 4.42 Å². The van der Waals surface area contributed by atoms with Crippen molar-refractivity contribution in [1.82, 2.24) is 14.5 Å². The molecule has 0 amide bonds. The van der Waals surface area contributed by atoms with E-state index in [0.717, 1.165) is 54.4 Å². The van der Waals surface area contributed by atoms with Crippen LogP contribution in [0.5, 0.6) is 0 Å². The Hall–Kier alpha value is -7.08. The van der Waals surface area contributed by atoms with E-state index in [1.165, 1.54) is 63.9 Å². The molecule has 4 heterocycles. The van der Waals surface area contributed by atoms with E-state index in [-0.39, 0.29) is 0 Å². The van der Waals surface area contributed by atoms with E-state index in [1.807, 2.05) is 12.1 Å². The van der Waals surface area contributed by atoms with Crippen molar-refractivity contribution in [3.63, 3.8) is 0 Å². The number of fused-ring (bicyclic) bond motifs is 17. The highest BCUT2D eigenvalue weighted by Gasteiger charge is 2.23. The Morgan fingerprint density at radius 2 is 1.05 bits per heavy atom. The molecule has 0 spiro atoms. The van der Waals surface area contributed by atoms with Crippen LogP contribution in [-0.4, -0.2) is 14.5 Å². The van der Waals surface area contributed by atoms with Crippen LogP contribution in [-0.2, 0) is 0 Å². The van der Waals surface area contributed by atoms with Gasteiger partial charge in [0.2, 0.25) is 5.95 Å². The largest absolute Gasteiger partial charge is 0.456 e. The van der Waals surface area contributed by atoms with Crippen molar-refractivity contribution >= 4 is 118 Å². The smallest absolute Gasteiger partial charge is 0.236 e. The van der Waals surface area contributed by atoms with Crippen molar-refractivity contribution in [2.45, 2.75) is 0 Å². The number of rotatable bonds is 2. The molecule has 0 radical (unpaired) electrons. The van der Waals surface area contributed by atoms with Crippen LogP contribution in [0.15, 0.2) is 168 Å². The number of nitrogens with zero attached hydrogens (tertiary/aromatic N) is 3. The van der Waals surface area contributed by atoms with E-state index in [4.69, 9.17) is 14.4 Å². The summed E-state index contributed by atoms with van der Waals surface area (Å²) >= 11 is 1.73. The summed E-state index contributed by atoms with van der Waals surface area (Å²) in [6.07, 6.45) is 0. The molecule has 0 fully saturated rings. The number of hydrogen-bond acceptors (Lipinski definition) is 4. The molecule has 13 aromatic rings. The molecule has 0 N–H and O–H groups in total. The van der Waals surface area contributed by atoms with Crippen LogP contribution < -0.4 is 0 Å². The molecule has 4 aromatic heterocycles. The molecular weight excluding hydrogens is 691 g/mol. The zero-order valence-electron chi connectivity index (χ0n) is 29.2. The van der Waals surface area contributed by atoms with Crippen LogP contribution in [0.25, 0.3) is 124 Å². The van der Waals surface area contributed by atoms with Crippen molar-refractivity contribution in [3.8, 4) is 17.2 Å². The summed E-state index contributed by atoms with van der Waals surface area (Å²) in [6.45, 7) is 0. The first kappa shape index (κ1) is 29.4. The lowest BCUT2D eigenvalue weighted by molar-refractivity contribution is 0.669. The highest BCUT2D eigenvalue weighted by molar-refractivity contribution is 7.25. The van der Waals surface area contributed by atoms with E-state index < -0.39 is 0 Å². The topological polar surface area (TPSA) is 43.9 Å². The predicted molar refractivity (Wildman–Crippen MR) is 232 cm³/mol. The summed E-state index contributed by atoms with van der Waals surface area (Å²) in [6, 6.07) is 58.9. The maximum absolute atomic E-state index is 6.26. The van der Waals surface area contributed by atoms with Crippen molar-refractivity contribution in [2.24, 2.45) is 0 Å². The number of furan rings is 1. The summed E-state index contributed by atoms with van der Waals surface area (Å²) in [5.41, 5.74) is 5.87. The average Bonchev–Trinajstić information content (AvgIpc) is 3.91. The molecule has 0 aliphatic heterocycles. The van der Waals surface area contributed by atoms with Gasteiger partial charge in [0.05, 0.1) is 16.7 Å². The lowest BCUT2D eigenvalue weighted by atomic mass is 9.91. The molecule has 9 aromatic carbocycles. The molecule has 13 rings (SSSR count). The highest BCUT2D eigenvalue weighted by Crippen LogP contribution is 2.46. The van der Waals surface area contributed by atoms with E-state index in [2.05, 4.69) is 156 Å². The first-order chi connectivity index (χ1) is 27.3. The molecule has 4 nitrogen and oxygen atoms in total. The Morgan fingerprint density at radius 3 is 1.87 bits per heavy atom. The van der Waals surface area contributed by atoms with Gasteiger partial charge in [0.25, 0.3) is 0 Å². The van der Waals surface area contributed by atoms with Gasteiger partial charge in [-0.15, -0.1) is 11.3 Å². The van der Waals surface area contributed by atoms with E-state index >= 15 is 0 Å². The van der Waals surface area contributed by atoms with Crippen LogP contribution >= 0.6 is 11.3 Å². The second-order valence-electron chi connectivity index (χ2n) is 14.5. The molecular formula is C50H27N3OS. The maximum Gasteiger partial charge on any atom is 0.236 e. The molecule has 0 saturated carbocycles. The minimum Gasteiger partial charge on any atom is -0.456 e. The van der Waals surface area contributed by atoms with E-state index in [0.29, 0.717) is 5.95 Å². The first-order valence-corrected chi connectivity index (χ1v) is 19.4. The van der Waals surface area contributed by atoms with Crippen molar-refractivity contribution < 1.29 is 4.42 Å². The molecule has 5 heteroatoms. The van der Waals surface area contributed by atoms with Gasteiger partial charge in [-0.3, -0.25) is 4.57 Å². The van der Waals surface area contributed by atoms with Gasteiger partial charge in [-0.2, -0.15) is 0 Å². The zero-order chi connectivity index (χ0) is 35.8. The van der Waals surface area contributed by atoms with Gasteiger partial charge in [-0.1, -0.05) is 115 Å². The monoisotopic (exact) mass is 717 g/mol. The first-order valence-electron chi connectivity index (χ1n) is 18.6. The summed E-state index contributed by atoms with van der Waals surface area (Å²) in [5.74, 6) is 0.658. The van der Waals surface area contributed by atoms with Crippen LogP contribution in [0.1, 0.15) is 0 Å². The fraction of sp³-hybridized carbons (Fsp3) is 0. The van der Waals surface area contributed by atoms with Gasteiger partial charge in [-0.05, 0) is 86.2 Å². The Kier molecular flexibility index (Phi) is 5.74. The van der Waals surface area contributed by atoms with E-state index in [9.17, 15) is 0 Å². The van der Waals surface area contributed by atoms with Crippen LogP contribution in [0, 0.1) is 0 Å². The summed E-state index contributed by atoms with van der Waals surface area (Å²) < 4.78 is 9.76. The third kappa shape index (κ3) is 4.00. The number of aromatic nitrogens is 3. The highest BCUT2D eigenvalue weighted by atomic mass is 32.1. The predicted octanol–water partition coefficient (Wildman–Crippen LogP) is 14.1. The molecule has 0 aliphatic carbocycles. The number of hydrogen-bond donors (Lipinski definition) is 0. The third-order valence-corrected chi connectivity index (χ3v) is 12.6.